The van der Waals surface area contributed by atoms with Crippen molar-refractivity contribution in [1.82, 2.24) is 15.1 Å². The molecular weight excluding hydrogens is 616 g/mol. The minimum atomic E-state index is -3.80. The van der Waals surface area contributed by atoms with Gasteiger partial charge >= 0.3 is 5.97 Å². The minimum absolute atomic E-state index is 0.0174. The summed E-state index contributed by atoms with van der Waals surface area (Å²) in [6.07, 6.45) is 0. The van der Waals surface area contributed by atoms with Gasteiger partial charge in [0.15, 0.2) is 5.62 Å². The summed E-state index contributed by atoms with van der Waals surface area (Å²) in [5, 5.41) is 73.4. The third-order valence-electron chi connectivity index (χ3n) is 8.55. The Bertz CT molecular complexity index is 1670. The van der Waals surface area contributed by atoms with Crippen LogP contribution in [0.25, 0.3) is 0 Å². The minimum Gasteiger partial charge on any atom is -0.395 e. The highest BCUT2D eigenvalue weighted by Gasteiger charge is 2.68. The largest absolute Gasteiger partial charge is 0.395 e. The van der Waals surface area contributed by atoms with Crippen LogP contribution in [0.3, 0.4) is 0 Å². The van der Waals surface area contributed by atoms with Gasteiger partial charge in [-0.2, -0.15) is 0 Å². The number of hydrogen-bond donors (Lipinski definition) is 9. The Morgan fingerprint density at radius 2 is 1.53 bits per heavy atom. The first kappa shape index (κ1) is 35.1. The van der Waals surface area contributed by atoms with E-state index in [4.69, 9.17) is 47.1 Å². The number of nitrogens with one attached hydrogen (secondary N) is 2. The Morgan fingerprint density at radius 1 is 0.894 bits per heavy atom. The summed E-state index contributed by atoms with van der Waals surface area (Å²) in [4.78, 5) is 39.1. The van der Waals surface area contributed by atoms with Gasteiger partial charge in [0.25, 0.3) is 17.8 Å². The van der Waals surface area contributed by atoms with Gasteiger partial charge in [-0.3, -0.25) is 29.3 Å². The van der Waals surface area contributed by atoms with Gasteiger partial charge in [0.1, 0.15) is 48.1 Å². The van der Waals surface area contributed by atoms with E-state index in [0.29, 0.717) is 4.90 Å². The number of imide groups is 1. The number of hydrogen-bond acceptors (Lipinski definition) is 13. The number of carbonyl (C=O) groups is 3. The Kier molecular flexibility index (Phi) is 7.96. The molecule has 3 aliphatic rings. The maximum Gasteiger partial charge on any atom is 0.317 e. The van der Waals surface area contributed by atoms with Gasteiger partial charge in [-0.15, -0.1) is 0 Å². The summed E-state index contributed by atoms with van der Waals surface area (Å²) in [5.74, 6) is -12.2. The lowest BCUT2D eigenvalue weighted by Crippen LogP contribution is -2.86. The van der Waals surface area contributed by atoms with Crippen molar-refractivity contribution in [3.63, 3.8) is 0 Å². The van der Waals surface area contributed by atoms with E-state index in [2.05, 4.69) is 10.1 Å². The highest BCUT2D eigenvalue weighted by Crippen LogP contribution is 2.43. The first-order chi connectivity index (χ1) is 21.3. The highest BCUT2D eigenvalue weighted by molar-refractivity contribution is 6.47. The topological polar surface area (TPSA) is 233 Å². The molecule has 4 atom stereocenters. The van der Waals surface area contributed by atoms with Gasteiger partial charge < -0.3 is 46.0 Å². The van der Waals surface area contributed by atoms with Crippen LogP contribution in [0.4, 0.5) is 10.1 Å². The number of fused-ring (bicyclic) bond motifs is 1. The molecule has 232 valence electrons. The van der Waals surface area contributed by atoms with Gasteiger partial charge in [-0.25, -0.2) is 4.39 Å². The predicted octanol–water partition coefficient (Wildman–Crippen LogP) is -6.46. The van der Waals surface area contributed by atoms with Crippen molar-refractivity contribution >= 4 is 70.5 Å². The Balaban J connectivity index is 1.37. The van der Waals surface area contributed by atoms with Crippen LogP contribution >= 0.6 is 0 Å². The van der Waals surface area contributed by atoms with Crippen molar-refractivity contribution in [1.29, 1.82) is 0 Å². The SMILES string of the molecule is [B]C1(O)C(=O)NC(=O)C([B])(N2Cc3c(NCc4ccc(CN5C([B])([B])C(O)(O)OC(O)(O)C5([B])O)cc4F)cccc3C2=O)C1([B])O. The summed E-state index contributed by atoms with van der Waals surface area (Å²) >= 11 is 0. The second kappa shape index (κ2) is 10.7. The van der Waals surface area contributed by atoms with Crippen LogP contribution in [0.5, 0.6) is 0 Å². The van der Waals surface area contributed by atoms with Crippen LogP contribution in [0.2, 0.25) is 0 Å². The monoisotopic (exact) mass is 638 g/mol. The molecule has 5 rings (SSSR count). The number of rotatable bonds is 6. The van der Waals surface area contributed by atoms with Gasteiger partial charge in [0, 0.05) is 47.3 Å². The number of amides is 3. The summed E-state index contributed by atoms with van der Waals surface area (Å²) in [7, 11) is 34.3. The molecule has 12 radical (unpaired) electrons. The standard InChI is InChI=1S/C25H21B6FN4O11/c26-19(17(38)34-18(39)20(27,40)21(19,28)41)35-9-13-12(16(35)37)2-1-3-15(13)33-7-11-5-4-10(6-14(11)32)8-36-22(29,30)24(43,44)47-25(45,46)23(36,31)42/h1-6,33,40-46H,7-9H2,(H,34,38,39). The number of carbonyl (C=O) groups excluding carboxylic acids is 3. The third kappa shape index (κ3) is 4.88. The van der Waals surface area contributed by atoms with Crippen LogP contribution in [0, 0.1) is 5.82 Å². The zero-order valence-corrected chi connectivity index (χ0v) is 24.1. The molecule has 47 heavy (non-hydrogen) atoms. The first-order valence-electron chi connectivity index (χ1n) is 13.4. The number of ether oxygens (including phenoxy) is 1. The van der Waals surface area contributed by atoms with E-state index in [1.54, 1.807) is 5.32 Å². The molecule has 2 aromatic carbocycles. The average molecular weight is 637 g/mol. The van der Waals surface area contributed by atoms with Crippen molar-refractivity contribution in [2.24, 2.45) is 0 Å². The van der Waals surface area contributed by atoms with E-state index in [9.17, 15) is 50.1 Å². The number of benzene rings is 2. The van der Waals surface area contributed by atoms with E-state index in [1.165, 1.54) is 30.3 Å². The fourth-order valence-electron chi connectivity index (χ4n) is 5.49. The molecule has 2 saturated heterocycles. The number of piperidine rings is 1. The predicted molar refractivity (Wildman–Crippen MR) is 159 cm³/mol. The lowest BCUT2D eigenvalue weighted by atomic mass is 9.43. The first-order valence-corrected chi connectivity index (χ1v) is 13.4. The zero-order valence-electron chi connectivity index (χ0n) is 24.1. The number of morpholine rings is 1. The molecule has 2 fully saturated rings. The fraction of sp³-hybridized carbons (Fsp3) is 0.400. The lowest BCUT2D eigenvalue weighted by Gasteiger charge is -2.61. The van der Waals surface area contributed by atoms with Gasteiger partial charge in [-0.1, -0.05) is 18.2 Å². The molecule has 3 aliphatic heterocycles. The lowest BCUT2D eigenvalue weighted by molar-refractivity contribution is -0.549. The number of aliphatic hydroxyl groups is 7. The summed E-state index contributed by atoms with van der Waals surface area (Å²) in [6.45, 7) is -1.48. The average Bonchev–Trinajstić information content (AvgIpc) is 3.29. The van der Waals surface area contributed by atoms with Crippen LogP contribution in [0.1, 0.15) is 27.0 Å². The molecule has 0 bridgehead atoms. The van der Waals surface area contributed by atoms with E-state index >= 15 is 4.39 Å². The molecule has 9 N–H and O–H groups in total. The smallest absolute Gasteiger partial charge is 0.317 e. The quantitative estimate of drug-likeness (QED) is 0.0816. The van der Waals surface area contributed by atoms with Crippen molar-refractivity contribution in [2.45, 2.75) is 59.0 Å². The molecule has 0 spiro atoms. The summed E-state index contributed by atoms with van der Waals surface area (Å²) in [5.41, 5.74) is -12.5. The Morgan fingerprint density at radius 3 is 2.15 bits per heavy atom. The second-order valence-electron chi connectivity index (χ2n) is 11.5. The number of halogens is 1. The zero-order chi connectivity index (χ0) is 35.3. The van der Waals surface area contributed by atoms with Gasteiger partial charge in [0.05, 0.1) is 21.2 Å². The van der Waals surface area contributed by atoms with E-state index < -0.39 is 76.0 Å². The Labute approximate surface area is 273 Å². The molecule has 15 nitrogen and oxygen atoms in total. The number of anilines is 1. The highest BCUT2D eigenvalue weighted by atomic mass is 19.1. The summed E-state index contributed by atoms with van der Waals surface area (Å²) in [6, 6.07) is 7.76. The normalized spacial score (nSPS) is 32.9. The van der Waals surface area contributed by atoms with Crippen LogP contribution in [-0.4, -0.2) is 150 Å². The Hall–Kier alpha value is -3.19. The number of nitrogens with zero attached hydrogens (tertiary/aromatic N) is 2. The van der Waals surface area contributed by atoms with E-state index in [1.807, 2.05) is 0 Å². The maximum atomic E-state index is 15.3. The molecule has 0 aromatic heterocycles. The van der Waals surface area contributed by atoms with E-state index in [0.717, 1.165) is 6.07 Å². The molecule has 4 unspecified atom stereocenters. The molecule has 3 heterocycles. The van der Waals surface area contributed by atoms with Crippen LogP contribution in [-0.2, 0) is 34.0 Å². The molecule has 22 heteroatoms. The molecule has 0 aliphatic carbocycles. The molecule has 0 saturated carbocycles. The molecule has 3 amide bonds. The van der Waals surface area contributed by atoms with Crippen LogP contribution < -0.4 is 10.6 Å². The maximum absolute atomic E-state index is 15.3. The third-order valence-corrected chi connectivity index (χ3v) is 8.55. The molecular formula is C25H21B6FN4O11. The van der Waals surface area contributed by atoms with Gasteiger partial charge in [0.2, 0.25) is 5.91 Å². The van der Waals surface area contributed by atoms with Crippen molar-refractivity contribution in [3.05, 3.63) is 64.5 Å². The fourth-order valence-corrected chi connectivity index (χ4v) is 5.49. The van der Waals surface area contributed by atoms with Crippen molar-refractivity contribution < 1.29 is 59.3 Å². The second-order valence-corrected chi connectivity index (χ2v) is 11.5. The molecule has 2 aromatic rings. The van der Waals surface area contributed by atoms with Crippen LogP contribution in [0.15, 0.2) is 36.4 Å². The van der Waals surface area contributed by atoms with Gasteiger partial charge in [-0.05, 0) is 23.8 Å². The van der Waals surface area contributed by atoms with E-state index in [-0.39, 0.29) is 39.4 Å². The summed E-state index contributed by atoms with van der Waals surface area (Å²) < 4.78 is 19.4. The van der Waals surface area contributed by atoms with Crippen molar-refractivity contribution in [3.8, 4) is 0 Å². The van der Waals surface area contributed by atoms with Crippen molar-refractivity contribution in [2.75, 3.05) is 5.32 Å².